The highest BCUT2D eigenvalue weighted by atomic mass is 16.3. The van der Waals surface area contributed by atoms with Gasteiger partial charge in [0.2, 0.25) is 0 Å². The third-order valence-electron chi connectivity index (χ3n) is 5.87. The van der Waals surface area contributed by atoms with Crippen LogP contribution in [0.2, 0.25) is 0 Å². The van der Waals surface area contributed by atoms with Gasteiger partial charge < -0.3 is 15.7 Å². The second-order valence-corrected chi connectivity index (χ2v) is 9.16. The van der Waals surface area contributed by atoms with Gasteiger partial charge in [0, 0.05) is 12.1 Å². The van der Waals surface area contributed by atoms with Crippen LogP contribution in [0.1, 0.15) is 51.8 Å². The Morgan fingerprint density at radius 1 is 0.906 bits per heavy atom. The van der Waals surface area contributed by atoms with E-state index in [1.54, 1.807) is 6.07 Å². The van der Waals surface area contributed by atoms with Crippen LogP contribution in [0.15, 0.2) is 58.1 Å². The van der Waals surface area contributed by atoms with Crippen LogP contribution in [0.4, 0.5) is 17.1 Å². The SMILES string of the molecule is CCN(CC)Cc1cccc(Nc2c(NC(c3ccccc3)C(C)(C)C)c(=O)c2=O)c1O. The molecule has 0 saturated heterocycles. The predicted molar refractivity (Wildman–Crippen MR) is 132 cm³/mol. The molecule has 3 aromatic carbocycles. The summed E-state index contributed by atoms with van der Waals surface area (Å²) in [5, 5.41) is 17.1. The van der Waals surface area contributed by atoms with Crippen LogP contribution >= 0.6 is 0 Å². The zero-order valence-electron chi connectivity index (χ0n) is 19.5. The van der Waals surface area contributed by atoms with E-state index in [-0.39, 0.29) is 28.6 Å². The minimum Gasteiger partial charge on any atom is -0.505 e. The van der Waals surface area contributed by atoms with Gasteiger partial charge in [0.05, 0.1) is 11.7 Å². The fourth-order valence-electron chi connectivity index (χ4n) is 3.88. The van der Waals surface area contributed by atoms with Gasteiger partial charge in [-0.05, 0) is 30.1 Å². The predicted octanol–water partition coefficient (Wildman–Crippen LogP) is 4.77. The number of nitrogens with one attached hydrogen (secondary N) is 2. The molecule has 0 aliphatic heterocycles. The van der Waals surface area contributed by atoms with Crippen molar-refractivity contribution in [2.75, 3.05) is 23.7 Å². The molecule has 6 heteroatoms. The van der Waals surface area contributed by atoms with E-state index in [0.717, 1.165) is 24.2 Å². The maximum absolute atomic E-state index is 12.5. The molecule has 0 spiro atoms. The summed E-state index contributed by atoms with van der Waals surface area (Å²) in [6.07, 6.45) is 0. The highest BCUT2D eigenvalue weighted by molar-refractivity contribution is 5.81. The van der Waals surface area contributed by atoms with Crippen LogP contribution in [0.5, 0.6) is 5.75 Å². The third-order valence-corrected chi connectivity index (χ3v) is 5.87. The normalized spacial score (nSPS) is 12.8. The first kappa shape index (κ1) is 23.5. The molecule has 3 rings (SSSR count). The zero-order valence-corrected chi connectivity index (χ0v) is 19.5. The van der Waals surface area contributed by atoms with Crippen molar-refractivity contribution < 1.29 is 5.11 Å². The van der Waals surface area contributed by atoms with Crippen molar-refractivity contribution >= 4 is 17.1 Å². The second-order valence-electron chi connectivity index (χ2n) is 9.16. The molecular formula is C26H33N3O3. The van der Waals surface area contributed by atoms with Gasteiger partial charge in [-0.2, -0.15) is 0 Å². The van der Waals surface area contributed by atoms with E-state index in [4.69, 9.17) is 0 Å². The van der Waals surface area contributed by atoms with Crippen LogP contribution in [0.3, 0.4) is 0 Å². The third kappa shape index (κ3) is 4.86. The Morgan fingerprint density at radius 2 is 1.53 bits per heavy atom. The minimum absolute atomic E-state index is 0.0915. The molecule has 0 saturated carbocycles. The number of rotatable bonds is 9. The molecule has 0 bridgehead atoms. The average Bonchev–Trinajstić information content (AvgIpc) is 2.78. The molecule has 0 aliphatic rings. The van der Waals surface area contributed by atoms with E-state index in [1.807, 2.05) is 42.5 Å². The lowest BCUT2D eigenvalue weighted by Gasteiger charge is -2.33. The maximum Gasteiger partial charge on any atom is 0.253 e. The Morgan fingerprint density at radius 3 is 2.12 bits per heavy atom. The molecule has 0 aromatic heterocycles. The average molecular weight is 436 g/mol. The van der Waals surface area contributed by atoms with Gasteiger partial charge in [-0.25, -0.2) is 0 Å². The molecule has 0 amide bonds. The fourth-order valence-corrected chi connectivity index (χ4v) is 3.88. The van der Waals surface area contributed by atoms with Crippen LogP contribution < -0.4 is 21.5 Å². The quantitative estimate of drug-likeness (QED) is 0.332. The zero-order chi connectivity index (χ0) is 23.5. The van der Waals surface area contributed by atoms with Crippen molar-refractivity contribution in [3.8, 4) is 5.75 Å². The second kappa shape index (κ2) is 9.57. The number of benzene rings is 2. The van der Waals surface area contributed by atoms with Gasteiger partial charge in [-0.1, -0.05) is 77.1 Å². The standard InChI is InChI=1S/C26H33N3O3/c1-6-29(7-2)16-18-14-11-15-19(22(18)30)27-20-21(24(32)23(20)31)28-25(26(3,4)5)17-12-9-8-10-13-17/h8-15,25,27-28,30H,6-7,16H2,1-5H3. The summed E-state index contributed by atoms with van der Waals surface area (Å²) in [7, 11) is 0. The lowest BCUT2D eigenvalue weighted by Crippen LogP contribution is -2.39. The summed E-state index contributed by atoms with van der Waals surface area (Å²) in [5.74, 6) is 0.0915. The van der Waals surface area contributed by atoms with E-state index < -0.39 is 10.9 Å². The van der Waals surface area contributed by atoms with Crippen LogP contribution in [0.25, 0.3) is 0 Å². The number of anilines is 3. The smallest absolute Gasteiger partial charge is 0.253 e. The Labute approximate surface area is 189 Å². The van der Waals surface area contributed by atoms with Gasteiger partial charge >= 0.3 is 0 Å². The number of phenols is 1. The van der Waals surface area contributed by atoms with Gasteiger partial charge in [0.25, 0.3) is 10.9 Å². The first-order valence-corrected chi connectivity index (χ1v) is 11.1. The highest BCUT2D eigenvalue weighted by Crippen LogP contribution is 2.38. The van der Waals surface area contributed by atoms with E-state index >= 15 is 0 Å². The summed E-state index contributed by atoms with van der Waals surface area (Å²) in [6.45, 7) is 12.7. The van der Waals surface area contributed by atoms with E-state index in [1.165, 1.54) is 0 Å². The Balaban J connectivity index is 1.91. The molecule has 3 N–H and O–H groups in total. The molecule has 3 aromatic rings. The molecule has 0 heterocycles. The lowest BCUT2D eigenvalue weighted by atomic mass is 9.82. The topological polar surface area (TPSA) is 81.7 Å². The molecule has 1 atom stereocenters. The van der Waals surface area contributed by atoms with Crippen molar-refractivity contribution in [1.29, 1.82) is 0 Å². The molecular weight excluding hydrogens is 402 g/mol. The van der Waals surface area contributed by atoms with Crippen molar-refractivity contribution in [2.24, 2.45) is 5.41 Å². The largest absolute Gasteiger partial charge is 0.505 e. The summed E-state index contributed by atoms with van der Waals surface area (Å²) in [5.41, 5.74) is 1.33. The number of hydrogen-bond acceptors (Lipinski definition) is 6. The summed E-state index contributed by atoms with van der Waals surface area (Å²) in [6, 6.07) is 15.1. The van der Waals surface area contributed by atoms with Crippen molar-refractivity contribution in [3.05, 3.63) is 80.1 Å². The first-order valence-electron chi connectivity index (χ1n) is 11.1. The molecule has 0 fully saturated rings. The number of phenolic OH excluding ortho intramolecular Hbond substituents is 1. The van der Waals surface area contributed by atoms with E-state index in [9.17, 15) is 14.7 Å². The van der Waals surface area contributed by atoms with E-state index in [0.29, 0.717) is 12.2 Å². The summed E-state index contributed by atoms with van der Waals surface area (Å²) >= 11 is 0. The first-order chi connectivity index (χ1) is 15.2. The number of hydrogen-bond donors (Lipinski definition) is 3. The Kier molecular flexibility index (Phi) is 7.04. The van der Waals surface area contributed by atoms with Gasteiger partial charge in [0.1, 0.15) is 17.1 Å². The molecule has 0 radical (unpaired) electrons. The summed E-state index contributed by atoms with van der Waals surface area (Å²) < 4.78 is 0. The van der Waals surface area contributed by atoms with Gasteiger partial charge in [0.15, 0.2) is 0 Å². The van der Waals surface area contributed by atoms with Crippen molar-refractivity contribution in [1.82, 2.24) is 4.90 Å². The molecule has 1 unspecified atom stereocenters. The monoisotopic (exact) mass is 435 g/mol. The molecule has 0 aliphatic carbocycles. The molecule has 170 valence electrons. The summed E-state index contributed by atoms with van der Waals surface area (Å²) in [4.78, 5) is 27.1. The Bertz CT molecular complexity index is 1120. The number of nitrogens with zero attached hydrogens (tertiary/aromatic N) is 1. The van der Waals surface area contributed by atoms with Crippen LogP contribution in [0, 0.1) is 5.41 Å². The minimum atomic E-state index is -0.582. The number of aromatic hydroxyl groups is 1. The van der Waals surface area contributed by atoms with Crippen LogP contribution in [-0.2, 0) is 6.54 Å². The van der Waals surface area contributed by atoms with Crippen molar-refractivity contribution in [3.63, 3.8) is 0 Å². The molecule has 6 nitrogen and oxygen atoms in total. The Hall–Kier alpha value is -3.12. The van der Waals surface area contributed by atoms with Crippen LogP contribution in [-0.4, -0.2) is 23.1 Å². The van der Waals surface area contributed by atoms with Gasteiger partial charge in [-0.15, -0.1) is 0 Å². The molecule has 32 heavy (non-hydrogen) atoms. The number of para-hydroxylation sites is 1. The lowest BCUT2D eigenvalue weighted by molar-refractivity contribution is 0.291. The fraction of sp³-hybridized carbons (Fsp3) is 0.385. The van der Waals surface area contributed by atoms with Gasteiger partial charge in [-0.3, -0.25) is 14.5 Å². The van der Waals surface area contributed by atoms with Crippen molar-refractivity contribution in [2.45, 2.75) is 47.2 Å². The van der Waals surface area contributed by atoms with E-state index in [2.05, 4.69) is 50.2 Å². The highest BCUT2D eigenvalue weighted by Gasteiger charge is 2.31. The maximum atomic E-state index is 12.5.